The van der Waals surface area contributed by atoms with Gasteiger partial charge in [0.15, 0.2) is 0 Å². The number of ether oxygens (including phenoxy) is 2. The largest absolute Gasteiger partial charge is 0.496 e. The SMILES string of the molecule is COc1ccc(CCNCC2(N)CC2)c(OC)c1C. The number of nitrogens with two attached hydrogens (primary N) is 1. The number of benzene rings is 1. The van der Waals surface area contributed by atoms with Crippen molar-refractivity contribution >= 4 is 0 Å². The summed E-state index contributed by atoms with van der Waals surface area (Å²) in [7, 11) is 3.39. The van der Waals surface area contributed by atoms with Gasteiger partial charge in [-0.2, -0.15) is 0 Å². The molecular weight excluding hydrogens is 240 g/mol. The van der Waals surface area contributed by atoms with Crippen LogP contribution in [0.2, 0.25) is 0 Å². The van der Waals surface area contributed by atoms with E-state index in [1.165, 1.54) is 5.56 Å². The lowest BCUT2D eigenvalue weighted by Gasteiger charge is -2.15. The molecule has 1 aliphatic rings. The fraction of sp³-hybridized carbons (Fsp3) is 0.600. The molecular formula is C15H24N2O2. The predicted molar refractivity (Wildman–Crippen MR) is 77.0 cm³/mol. The van der Waals surface area contributed by atoms with Crippen molar-refractivity contribution in [3.8, 4) is 11.5 Å². The third-order valence-corrected chi connectivity index (χ3v) is 3.80. The molecule has 1 aromatic rings. The van der Waals surface area contributed by atoms with E-state index in [4.69, 9.17) is 15.2 Å². The van der Waals surface area contributed by atoms with E-state index in [2.05, 4.69) is 11.4 Å². The van der Waals surface area contributed by atoms with Crippen LogP contribution in [-0.2, 0) is 6.42 Å². The van der Waals surface area contributed by atoms with Gasteiger partial charge in [-0.25, -0.2) is 0 Å². The Morgan fingerprint density at radius 3 is 2.58 bits per heavy atom. The molecule has 0 atom stereocenters. The van der Waals surface area contributed by atoms with Crippen molar-refractivity contribution in [1.29, 1.82) is 0 Å². The van der Waals surface area contributed by atoms with Crippen LogP contribution in [0.5, 0.6) is 11.5 Å². The fourth-order valence-electron chi connectivity index (χ4n) is 2.33. The highest BCUT2D eigenvalue weighted by Gasteiger charge is 2.37. The van der Waals surface area contributed by atoms with Gasteiger partial charge in [-0.1, -0.05) is 6.07 Å². The van der Waals surface area contributed by atoms with Gasteiger partial charge >= 0.3 is 0 Å². The molecule has 0 aliphatic heterocycles. The third kappa shape index (κ3) is 3.39. The van der Waals surface area contributed by atoms with Crippen LogP contribution in [0.3, 0.4) is 0 Å². The van der Waals surface area contributed by atoms with E-state index in [1.807, 2.05) is 13.0 Å². The van der Waals surface area contributed by atoms with Crippen LogP contribution in [0.15, 0.2) is 12.1 Å². The second kappa shape index (κ2) is 5.80. The first-order valence-electron chi connectivity index (χ1n) is 6.80. The molecule has 0 aromatic heterocycles. The minimum absolute atomic E-state index is 0.0694. The molecule has 4 nitrogen and oxygen atoms in total. The van der Waals surface area contributed by atoms with Crippen molar-refractivity contribution in [2.24, 2.45) is 5.73 Å². The zero-order chi connectivity index (χ0) is 13.9. The van der Waals surface area contributed by atoms with Gasteiger partial charge in [0.05, 0.1) is 14.2 Å². The Kier molecular flexibility index (Phi) is 4.32. The molecule has 0 amide bonds. The van der Waals surface area contributed by atoms with E-state index < -0.39 is 0 Å². The van der Waals surface area contributed by atoms with Crippen LogP contribution in [0.1, 0.15) is 24.0 Å². The summed E-state index contributed by atoms with van der Waals surface area (Å²) in [6.07, 6.45) is 3.22. The van der Waals surface area contributed by atoms with E-state index in [0.29, 0.717) is 0 Å². The van der Waals surface area contributed by atoms with E-state index in [-0.39, 0.29) is 5.54 Å². The van der Waals surface area contributed by atoms with E-state index in [1.54, 1.807) is 14.2 Å². The Morgan fingerprint density at radius 2 is 2.00 bits per heavy atom. The lowest BCUT2D eigenvalue weighted by Crippen LogP contribution is -2.36. The predicted octanol–water partition coefficient (Wildman–Crippen LogP) is 1.64. The summed E-state index contributed by atoms with van der Waals surface area (Å²) in [5.41, 5.74) is 8.37. The molecule has 19 heavy (non-hydrogen) atoms. The monoisotopic (exact) mass is 264 g/mol. The van der Waals surface area contributed by atoms with Gasteiger partial charge in [-0.05, 0) is 44.4 Å². The second-order valence-electron chi connectivity index (χ2n) is 5.37. The van der Waals surface area contributed by atoms with Crippen molar-refractivity contribution in [2.45, 2.75) is 31.7 Å². The van der Waals surface area contributed by atoms with Crippen molar-refractivity contribution in [2.75, 3.05) is 27.3 Å². The summed E-state index contributed by atoms with van der Waals surface area (Å²) in [6, 6.07) is 4.07. The third-order valence-electron chi connectivity index (χ3n) is 3.80. The van der Waals surface area contributed by atoms with Crippen LogP contribution in [0.4, 0.5) is 0 Å². The first-order chi connectivity index (χ1) is 9.09. The van der Waals surface area contributed by atoms with Crippen molar-refractivity contribution < 1.29 is 9.47 Å². The second-order valence-corrected chi connectivity index (χ2v) is 5.37. The van der Waals surface area contributed by atoms with Crippen molar-refractivity contribution in [3.63, 3.8) is 0 Å². The smallest absolute Gasteiger partial charge is 0.128 e. The maximum atomic E-state index is 6.04. The minimum Gasteiger partial charge on any atom is -0.496 e. The number of hydrogen-bond acceptors (Lipinski definition) is 4. The molecule has 0 saturated heterocycles. The summed E-state index contributed by atoms with van der Waals surface area (Å²) < 4.78 is 10.8. The molecule has 3 N–H and O–H groups in total. The molecule has 0 bridgehead atoms. The number of nitrogens with one attached hydrogen (secondary N) is 1. The maximum Gasteiger partial charge on any atom is 0.128 e. The topological polar surface area (TPSA) is 56.5 Å². The normalized spacial score (nSPS) is 16.2. The average Bonchev–Trinajstić information content (AvgIpc) is 3.13. The highest BCUT2D eigenvalue weighted by molar-refractivity contribution is 5.49. The zero-order valence-corrected chi connectivity index (χ0v) is 12.1. The fourth-order valence-corrected chi connectivity index (χ4v) is 2.33. The molecule has 0 unspecified atom stereocenters. The van der Waals surface area contributed by atoms with E-state index >= 15 is 0 Å². The van der Waals surface area contributed by atoms with Gasteiger partial charge < -0.3 is 20.5 Å². The Hall–Kier alpha value is -1.26. The van der Waals surface area contributed by atoms with Crippen molar-refractivity contribution in [3.05, 3.63) is 23.3 Å². The zero-order valence-electron chi connectivity index (χ0n) is 12.1. The summed E-state index contributed by atoms with van der Waals surface area (Å²) in [5, 5.41) is 3.42. The van der Waals surface area contributed by atoms with E-state index in [9.17, 15) is 0 Å². The van der Waals surface area contributed by atoms with Gasteiger partial charge in [-0.15, -0.1) is 0 Å². The number of methoxy groups -OCH3 is 2. The lowest BCUT2D eigenvalue weighted by atomic mass is 10.1. The van der Waals surface area contributed by atoms with E-state index in [0.717, 1.165) is 49.4 Å². The molecule has 106 valence electrons. The first kappa shape index (κ1) is 14.2. The molecule has 2 rings (SSSR count). The maximum absolute atomic E-state index is 6.04. The molecule has 0 heterocycles. The van der Waals surface area contributed by atoms with Crippen LogP contribution >= 0.6 is 0 Å². The van der Waals surface area contributed by atoms with Crippen LogP contribution in [0.25, 0.3) is 0 Å². The number of rotatable bonds is 7. The highest BCUT2D eigenvalue weighted by Crippen LogP contribution is 2.32. The summed E-state index contributed by atoms with van der Waals surface area (Å²) >= 11 is 0. The first-order valence-corrected chi connectivity index (χ1v) is 6.80. The Balaban J connectivity index is 1.93. The molecule has 0 radical (unpaired) electrons. The quantitative estimate of drug-likeness (QED) is 0.735. The van der Waals surface area contributed by atoms with Gasteiger partial charge in [0.2, 0.25) is 0 Å². The molecule has 1 saturated carbocycles. The molecule has 1 aliphatic carbocycles. The Labute approximate surface area is 115 Å². The lowest BCUT2D eigenvalue weighted by molar-refractivity contribution is 0.385. The van der Waals surface area contributed by atoms with Gasteiger partial charge in [-0.3, -0.25) is 0 Å². The van der Waals surface area contributed by atoms with Gasteiger partial charge in [0.1, 0.15) is 11.5 Å². The number of hydrogen-bond donors (Lipinski definition) is 2. The molecule has 1 aromatic carbocycles. The summed E-state index contributed by atoms with van der Waals surface area (Å²) in [6.45, 7) is 3.85. The highest BCUT2D eigenvalue weighted by atomic mass is 16.5. The minimum atomic E-state index is 0.0694. The Bertz CT molecular complexity index is 442. The summed E-state index contributed by atoms with van der Waals surface area (Å²) in [5.74, 6) is 1.79. The Morgan fingerprint density at radius 1 is 1.26 bits per heavy atom. The van der Waals surface area contributed by atoms with Crippen LogP contribution in [-0.4, -0.2) is 32.8 Å². The van der Waals surface area contributed by atoms with Crippen molar-refractivity contribution in [1.82, 2.24) is 5.32 Å². The average molecular weight is 264 g/mol. The van der Waals surface area contributed by atoms with Crippen LogP contribution in [0, 0.1) is 6.92 Å². The van der Waals surface area contributed by atoms with Gasteiger partial charge in [0.25, 0.3) is 0 Å². The molecule has 4 heteroatoms. The summed E-state index contributed by atoms with van der Waals surface area (Å²) in [4.78, 5) is 0. The standard InChI is InChI=1S/C15H24N2O2/c1-11-13(18-2)5-4-12(14(11)19-3)6-9-17-10-15(16)7-8-15/h4-5,17H,6-10,16H2,1-3H3. The molecule has 0 spiro atoms. The van der Waals surface area contributed by atoms with Crippen LogP contribution < -0.4 is 20.5 Å². The molecule has 1 fully saturated rings. The van der Waals surface area contributed by atoms with Gasteiger partial charge in [0, 0.05) is 17.6 Å².